The number of rotatable bonds is 1. The second-order valence-electron chi connectivity index (χ2n) is 3.01. The van der Waals surface area contributed by atoms with Gasteiger partial charge in [-0.05, 0) is 19.0 Å². The summed E-state index contributed by atoms with van der Waals surface area (Å²) in [6, 6.07) is -0.359. The van der Waals surface area contributed by atoms with Crippen molar-refractivity contribution < 1.29 is 9.59 Å². The van der Waals surface area contributed by atoms with Gasteiger partial charge in [0.05, 0.1) is 0 Å². The molecule has 0 saturated carbocycles. The molecule has 0 aromatic carbocycles. The number of amides is 3. The van der Waals surface area contributed by atoms with Crippen molar-refractivity contribution in [3.8, 4) is 0 Å². The van der Waals surface area contributed by atoms with Crippen LogP contribution in [-0.2, 0) is 4.79 Å². The molecule has 1 N–H and O–H groups in total. The molecule has 0 radical (unpaired) electrons. The van der Waals surface area contributed by atoms with Crippen LogP contribution in [0.1, 0.15) is 25.7 Å². The molecule has 0 aromatic rings. The zero-order valence-corrected chi connectivity index (χ0v) is 7.58. The quantitative estimate of drug-likeness (QED) is 0.663. The first-order valence-electron chi connectivity index (χ1n) is 4.47. The Morgan fingerprint density at radius 3 is 2.92 bits per heavy atom. The molecule has 1 heterocycles. The van der Waals surface area contributed by atoms with Crippen molar-refractivity contribution in [2.45, 2.75) is 25.7 Å². The number of nitrogens with one attached hydrogen (secondary N) is 1. The number of imide groups is 1. The number of carbonyl (C=O) groups excluding carboxylic acids is 2. The lowest BCUT2D eigenvalue weighted by molar-refractivity contribution is -0.127. The van der Waals surface area contributed by atoms with Gasteiger partial charge in [0.1, 0.15) is 0 Å². The van der Waals surface area contributed by atoms with Gasteiger partial charge in [-0.2, -0.15) is 0 Å². The molecular weight excluding hydrogens is 168 g/mol. The molecule has 4 heteroatoms. The normalized spacial score (nSPS) is 17.8. The topological polar surface area (TPSA) is 49.4 Å². The third kappa shape index (κ3) is 2.57. The Labute approximate surface area is 77.6 Å². The van der Waals surface area contributed by atoms with Gasteiger partial charge < -0.3 is 5.32 Å². The second-order valence-corrected chi connectivity index (χ2v) is 3.01. The first kappa shape index (κ1) is 9.77. The number of urea groups is 1. The summed E-state index contributed by atoms with van der Waals surface area (Å²) in [5.41, 5.74) is 0. The smallest absolute Gasteiger partial charge is 0.315 e. The maximum atomic E-state index is 11.4. The molecule has 72 valence electrons. The SMILES string of the molecule is C=CNC(=O)N1CCCCCC1=O. The van der Waals surface area contributed by atoms with Crippen LogP contribution in [0.3, 0.4) is 0 Å². The lowest BCUT2D eigenvalue weighted by Gasteiger charge is -2.17. The molecule has 0 aliphatic carbocycles. The maximum absolute atomic E-state index is 11.4. The summed E-state index contributed by atoms with van der Waals surface area (Å²) in [6.07, 6.45) is 4.57. The molecule has 1 fully saturated rings. The summed E-state index contributed by atoms with van der Waals surface area (Å²) in [5, 5.41) is 2.40. The van der Waals surface area contributed by atoms with E-state index < -0.39 is 0 Å². The fourth-order valence-corrected chi connectivity index (χ4v) is 1.36. The molecule has 1 aliphatic heterocycles. The minimum atomic E-state index is -0.359. The lowest BCUT2D eigenvalue weighted by Crippen LogP contribution is -2.41. The third-order valence-electron chi connectivity index (χ3n) is 2.04. The first-order valence-corrected chi connectivity index (χ1v) is 4.47. The highest BCUT2D eigenvalue weighted by molar-refractivity contribution is 5.94. The van der Waals surface area contributed by atoms with Crippen molar-refractivity contribution in [3.63, 3.8) is 0 Å². The monoisotopic (exact) mass is 182 g/mol. The molecule has 0 spiro atoms. The average Bonchev–Trinajstić information content (AvgIpc) is 2.30. The molecule has 13 heavy (non-hydrogen) atoms. The van der Waals surface area contributed by atoms with Crippen LogP contribution in [-0.4, -0.2) is 23.4 Å². The van der Waals surface area contributed by atoms with Gasteiger partial charge in [-0.1, -0.05) is 13.0 Å². The molecule has 3 amide bonds. The number of likely N-dealkylation sites (tertiary alicyclic amines) is 1. The van der Waals surface area contributed by atoms with Crippen molar-refractivity contribution in [2.75, 3.05) is 6.54 Å². The van der Waals surface area contributed by atoms with Crippen molar-refractivity contribution in [1.82, 2.24) is 10.2 Å². The van der Waals surface area contributed by atoms with Crippen LogP contribution < -0.4 is 5.32 Å². The van der Waals surface area contributed by atoms with E-state index in [1.165, 1.54) is 11.1 Å². The zero-order valence-electron chi connectivity index (χ0n) is 7.58. The van der Waals surface area contributed by atoms with Crippen LogP contribution in [0.15, 0.2) is 12.8 Å². The highest BCUT2D eigenvalue weighted by Crippen LogP contribution is 2.10. The van der Waals surface area contributed by atoms with E-state index in [1.807, 2.05) is 0 Å². The van der Waals surface area contributed by atoms with Crippen molar-refractivity contribution in [1.29, 1.82) is 0 Å². The van der Waals surface area contributed by atoms with E-state index in [4.69, 9.17) is 0 Å². The van der Waals surface area contributed by atoms with Crippen molar-refractivity contribution in [3.05, 3.63) is 12.8 Å². The maximum Gasteiger partial charge on any atom is 0.328 e. The Bertz CT molecular complexity index is 226. The molecule has 0 aromatic heterocycles. The van der Waals surface area contributed by atoms with Gasteiger partial charge in [-0.15, -0.1) is 0 Å². The van der Waals surface area contributed by atoms with Crippen molar-refractivity contribution in [2.24, 2.45) is 0 Å². The number of hydrogen-bond donors (Lipinski definition) is 1. The van der Waals surface area contributed by atoms with E-state index in [9.17, 15) is 9.59 Å². The van der Waals surface area contributed by atoms with Crippen LogP contribution >= 0.6 is 0 Å². The Morgan fingerprint density at radius 1 is 1.46 bits per heavy atom. The third-order valence-corrected chi connectivity index (χ3v) is 2.04. The minimum Gasteiger partial charge on any atom is -0.315 e. The number of hydrogen-bond acceptors (Lipinski definition) is 2. The standard InChI is InChI=1S/C9H14N2O2/c1-2-10-9(13)11-7-5-3-4-6-8(11)12/h2H,1,3-7H2,(H,10,13). The molecule has 1 aliphatic rings. The van der Waals surface area contributed by atoms with Gasteiger partial charge in [0.2, 0.25) is 5.91 Å². The van der Waals surface area contributed by atoms with Gasteiger partial charge >= 0.3 is 6.03 Å². The fraction of sp³-hybridized carbons (Fsp3) is 0.556. The Morgan fingerprint density at radius 2 is 2.23 bits per heavy atom. The second kappa shape index (κ2) is 4.64. The van der Waals surface area contributed by atoms with E-state index in [0.29, 0.717) is 13.0 Å². The van der Waals surface area contributed by atoms with Crippen molar-refractivity contribution >= 4 is 11.9 Å². The predicted molar refractivity (Wildman–Crippen MR) is 48.9 cm³/mol. The molecule has 0 unspecified atom stereocenters. The summed E-state index contributed by atoms with van der Waals surface area (Å²) in [5.74, 6) is -0.0862. The van der Waals surface area contributed by atoms with Gasteiger partial charge in [-0.3, -0.25) is 9.69 Å². The van der Waals surface area contributed by atoms with Crippen LogP contribution in [0.2, 0.25) is 0 Å². The Balaban J connectivity index is 2.58. The predicted octanol–water partition coefficient (Wildman–Crippen LogP) is 1.24. The summed E-state index contributed by atoms with van der Waals surface area (Å²) in [7, 11) is 0. The number of nitrogens with zero attached hydrogens (tertiary/aromatic N) is 1. The van der Waals surface area contributed by atoms with E-state index in [1.54, 1.807) is 0 Å². The summed E-state index contributed by atoms with van der Waals surface area (Å²) in [6.45, 7) is 3.90. The Kier molecular flexibility index (Phi) is 3.49. The lowest BCUT2D eigenvalue weighted by atomic mass is 10.2. The zero-order chi connectivity index (χ0) is 9.68. The minimum absolute atomic E-state index is 0.0862. The van der Waals surface area contributed by atoms with Crippen LogP contribution in [0.25, 0.3) is 0 Å². The molecular formula is C9H14N2O2. The molecule has 0 atom stereocenters. The summed E-state index contributed by atoms with van der Waals surface area (Å²) in [4.78, 5) is 23.9. The first-order chi connectivity index (χ1) is 6.25. The molecule has 1 rings (SSSR count). The largest absolute Gasteiger partial charge is 0.328 e. The number of carbonyl (C=O) groups is 2. The van der Waals surface area contributed by atoms with Crippen LogP contribution in [0.5, 0.6) is 0 Å². The van der Waals surface area contributed by atoms with E-state index >= 15 is 0 Å². The highest BCUT2D eigenvalue weighted by Gasteiger charge is 2.21. The van der Waals surface area contributed by atoms with Gasteiger partial charge in [0.15, 0.2) is 0 Å². The van der Waals surface area contributed by atoms with E-state index in [-0.39, 0.29) is 11.9 Å². The van der Waals surface area contributed by atoms with E-state index in [0.717, 1.165) is 19.3 Å². The summed E-state index contributed by atoms with van der Waals surface area (Å²) >= 11 is 0. The summed E-state index contributed by atoms with van der Waals surface area (Å²) < 4.78 is 0. The van der Waals surface area contributed by atoms with Gasteiger partial charge in [-0.25, -0.2) is 4.79 Å². The molecule has 4 nitrogen and oxygen atoms in total. The van der Waals surface area contributed by atoms with Gasteiger partial charge in [0.25, 0.3) is 0 Å². The van der Waals surface area contributed by atoms with Gasteiger partial charge in [0, 0.05) is 13.0 Å². The fourth-order valence-electron chi connectivity index (χ4n) is 1.36. The highest BCUT2D eigenvalue weighted by atomic mass is 16.2. The van der Waals surface area contributed by atoms with Crippen LogP contribution in [0.4, 0.5) is 4.79 Å². The molecule has 1 saturated heterocycles. The Hall–Kier alpha value is -1.32. The average molecular weight is 182 g/mol. The van der Waals surface area contributed by atoms with Crippen LogP contribution in [0, 0.1) is 0 Å². The molecule has 0 bridgehead atoms. The van der Waals surface area contributed by atoms with E-state index in [2.05, 4.69) is 11.9 Å².